The molecule has 15 heavy (non-hydrogen) atoms. The van der Waals surface area contributed by atoms with E-state index in [4.69, 9.17) is 0 Å². The summed E-state index contributed by atoms with van der Waals surface area (Å²) >= 11 is 0. The maximum absolute atomic E-state index is 9.92. The van der Waals surface area contributed by atoms with Gasteiger partial charge in [0.1, 0.15) is 0 Å². The molecule has 1 unspecified atom stereocenters. The summed E-state index contributed by atoms with van der Waals surface area (Å²) in [5, 5.41) is 9.92. The molecular formula is C13H19NO. The minimum absolute atomic E-state index is 0.240. The smallest absolute Gasteiger partial charge is 0.0832 e. The van der Waals surface area contributed by atoms with Crippen LogP contribution in [-0.2, 0) is 6.54 Å². The molecule has 1 aliphatic carbocycles. The van der Waals surface area contributed by atoms with Crippen molar-refractivity contribution < 1.29 is 5.11 Å². The zero-order chi connectivity index (χ0) is 10.8. The maximum Gasteiger partial charge on any atom is 0.0832 e. The lowest BCUT2D eigenvalue weighted by molar-refractivity contribution is 0.154. The van der Waals surface area contributed by atoms with Gasteiger partial charge in [-0.15, -0.1) is 6.58 Å². The fourth-order valence-corrected chi connectivity index (χ4v) is 1.78. The van der Waals surface area contributed by atoms with Crippen molar-refractivity contribution in [3.63, 3.8) is 0 Å². The van der Waals surface area contributed by atoms with Gasteiger partial charge in [-0.3, -0.25) is 0 Å². The van der Waals surface area contributed by atoms with E-state index in [1.54, 1.807) is 0 Å². The van der Waals surface area contributed by atoms with E-state index in [9.17, 15) is 5.11 Å². The molecular weight excluding hydrogens is 186 g/mol. The van der Waals surface area contributed by atoms with Gasteiger partial charge in [-0.2, -0.15) is 0 Å². The van der Waals surface area contributed by atoms with E-state index < -0.39 is 0 Å². The van der Waals surface area contributed by atoms with Crippen molar-refractivity contribution in [3.05, 3.63) is 36.2 Å². The van der Waals surface area contributed by atoms with Gasteiger partial charge in [0.25, 0.3) is 0 Å². The van der Waals surface area contributed by atoms with Gasteiger partial charge in [0, 0.05) is 18.9 Å². The second-order valence-corrected chi connectivity index (χ2v) is 4.67. The van der Waals surface area contributed by atoms with Gasteiger partial charge in [0.2, 0.25) is 0 Å². The minimum Gasteiger partial charge on any atom is -0.388 e. The van der Waals surface area contributed by atoms with Gasteiger partial charge in [-0.1, -0.05) is 5.57 Å². The molecule has 1 aromatic heterocycles. The fourth-order valence-electron chi connectivity index (χ4n) is 1.78. The maximum atomic E-state index is 9.92. The molecule has 1 atom stereocenters. The number of hydrogen-bond donors (Lipinski definition) is 1. The molecule has 0 saturated heterocycles. The van der Waals surface area contributed by atoms with Gasteiger partial charge >= 0.3 is 0 Å². The first kappa shape index (κ1) is 10.5. The second kappa shape index (κ2) is 4.23. The Morgan fingerprint density at radius 2 is 2.40 bits per heavy atom. The summed E-state index contributed by atoms with van der Waals surface area (Å²) in [6, 6.07) is 2.03. The predicted molar refractivity (Wildman–Crippen MR) is 61.5 cm³/mol. The van der Waals surface area contributed by atoms with E-state index in [0.29, 0.717) is 5.92 Å². The summed E-state index contributed by atoms with van der Waals surface area (Å²) in [6.07, 6.45) is 7.23. The van der Waals surface area contributed by atoms with Crippen LogP contribution in [0.1, 0.15) is 37.9 Å². The highest BCUT2D eigenvalue weighted by Gasteiger charge is 2.30. The first-order valence-corrected chi connectivity index (χ1v) is 5.65. The number of hydrogen-bond acceptors (Lipinski definition) is 1. The molecule has 0 bridgehead atoms. The number of rotatable bonds is 5. The average molecular weight is 205 g/mol. The zero-order valence-corrected chi connectivity index (χ0v) is 9.32. The monoisotopic (exact) mass is 205 g/mol. The largest absolute Gasteiger partial charge is 0.388 e. The van der Waals surface area contributed by atoms with Crippen molar-refractivity contribution in [3.8, 4) is 0 Å². The van der Waals surface area contributed by atoms with E-state index in [1.165, 1.54) is 18.4 Å². The molecule has 2 nitrogen and oxygen atoms in total. The Kier molecular flexibility index (Phi) is 2.96. The standard InChI is InChI=1S/C13H19NO/c1-10(2)5-7-14-8-6-12(9-14)13(15)11-3-4-11/h6,8-9,11,13,15H,1,3-5,7H2,2H3. The molecule has 1 aromatic rings. The summed E-state index contributed by atoms with van der Waals surface area (Å²) < 4.78 is 2.13. The van der Waals surface area contributed by atoms with Gasteiger partial charge in [-0.05, 0) is 43.7 Å². The van der Waals surface area contributed by atoms with Crippen molar-refractivity contribution in [1.82, 2.24) is 4.57 Å². The van der Waals surface area contributed by atoms with Crippen LogP contribution in [0.3, 0.4) is 0 Å². The van der Waals surface area contributed by atoms with E-state index in [-0.39, 0.29) is 6.10 Å². The molecule has 1 fully saturated rings. The lowest BCUT2D eigenvalue weighted by Gasteiger charge is -2.06. The quantitative estimate of drug-likeness (QED) is 0.735. The summed E-state index contributed by atoms with van der Waals surface area (Å²) in [4.78, 5) is 0. The van der Waals surface area contributed by atoms with Gasteiger partial charge < -0.3 is 9.67 Å². The van der Waals surface area contributed by atoms with E-state index in [0.717, 1.165) is 18.5 Å². The molecule has 2 heteroatoms. The van der Waals surface area contributed by atoms with Crippen LogP contribution in [0, 0.1) is 5.92 Å². The van der Waals surface area contributed by atoms with Crippen LogP contribution in [0.15, 0.2) is 30.6 Å². The lowest BCUT2D eigenvalue weighted by atomic mass is 10.1. The van der Waals surface area contributed by atoms with Crippen molar-refractivity contribution in [2.24, 2.45) is 5.92 Å². The van der Waals surface area contributed by atoms with Crippen LogP contribution < -0.4 is 0 Å². The van der Waals surface area contributed by atoms with Crippen molar-refractivity contribution >= 4 is 0 Å². The van der Waals surface area contributed by atoms with Crippen LogP contribution in [0.5, 0.6) is 0 Å². The van der Waals surface area contributed by atoms with Crippen LogP contribution in [0.2, 0.25) is 0 Å². The number of aliphatic hydroxyl groups excluding tert-OH is 1. The molecule has 0 amide bonds. The van der Waals surface area contributed by atoms with E-state index >= 15 is 0 Å². The molecule has 1 aliphatic rings. The third-order valence-electron chi connectivity index (χ3n) is 2.98. The molecule has 0 radical (unpaired) electrons. The van der Waals surface area contributed by atoms with Crippen LogP contribution >= 0.6 is 0 Å². The number of aliphatic hydroxyl groups is 1. The average Bonchev–Trinajstić information content (AvgIpc) is 2.93. The molecule has 1 N–H and O–H groups in total. The molecule has 82 valence electrons. The Morgan fingerprint density at radius 3 is 3.00 bits per heavy atom. The first-order chi connectivity index (χ1) is 7.16. The Labute approximate surface area is 91.2 Å². The summed E-state index contributed by atoms with van der Waals surface area (Å²) in [5.74, 6) is 0.516. The Hall–Kier alpha value is -1.02. The van der Waals surface area contributed by atoms with Crippen LogP contribution in [-0.4, -0.2) is 9.67 Å². The number of aromatic nitrogens is 1. The van der Waals surface area contributed by atoms with Crippen molar-refractivity contribution in [1.29, 1.82) is 0 Å². The van der Waals surface area contributed by atoms with E-state index in [2.05, 4.69) is 17.3 Å². The van der Waals surface area contributed by atoms with Crippen molar-refractivity contribution in [2.45, 2.75) is 38.8 Å². The summed E-state index contributed by atoms with van der Waals surface area (Å²) in [5.41, 5.74) is 2.27. The number of aryl methyl sites for hydroxylation is 1. The van der Waals surface area contributed by atoms with Gasteiger partial charge in [-0.25, -0.2) is 0 Å². The normalized spacial score (nSPS) is 17.7. The second-order valence-electron chi connectivity index (χ2n) is 4.67. The summed E-state index contributed by atoms with van der Waals surface area (Å²) in [6.45, 7) is 6.90. The molecule has 2 rings (SSSR count). The summed E-state index contributed by atoms with van der Waals surface area (Å²) in [7, 11) is 0. The number of nitrogens with zero attached hydrogens (tertiary/aromatic N) is 1. The fraction of sp³-hybridized carbons (Fsp3) is 0.538. The highest BCUT2D eigenvalue weighted by molar-refractivity contribution is 5.16. The molecule has 1 heterocycles. The third kappa shape index (κ3) is 2.72. The predicted octanol–water partition coefficient (Wildman–Crippen LogP) is 2.90. The Balaban J connectivity index is 1.93. The Bertz CT molecular complexity index is 349. The highest BCUT2D eigenvalue weighted by Crippen LogP contribution is 2.40. The number of allylic oxidation sites excluding steroid dienone is 1. The molecule has 1 saturated carbocycles. The highest BCUT2D eigenvalue weighted by atomic mass is 16.3. The molecule has 0 aliphatic heterocycles. The van der Waals surface area contributed by atoms with Crippen molar-refractivity contribution in [2.75, 3.05) is 0 Å². The van der Waals surface area contributed by atoms with Gasteiger partial charge in [0.15, 0.2) is 0 Å². The lowest BCUT2D eigenvalue weighted by Crippen LogP contribution is -1.99. The SMILES string of the molecule is C=C(C)CCn1ccc(C(O)C2CC2)c1. The first-order valence-electron chi connectivity index (χ1n) is 5.65. The topological polar surface area (TPSA) is 25.2 Å². The third-order valence-corrected chi connectivity index (χ3v) is 2.98. The van der Waals surface area contributed by atoms with Gasteiger partial charge in [0.05, 0.1) is 6.10 Å². The minimum atomic E-state index is -0.240. The van der Waals surface area contributed by atoms with E-state index in [1.807, 2.05) is 19.2 Å². The van der Waals surface area contributed by atoms with Crippen LogP contribution in [0.25, 0.3) is 0 Å². The molecule has 0 spiro atoms. The zero-order valence-electron chi connectivity index (χ0n) is 9.32. The molecule has 0 aromatic carbocycles. The van der Waals surface area contributed by atoms with Crippen LogP contribution in [0.4, 0.5) is 0 Å². The Morgan fingerprint density at radius 1 is 1.67 bits per heavy atom.